The minimum absolute atomic E-state index is 0.123. The Morgan fingerprint density at radius 1 is 0.757 bits per heavy atom. The smallest absolute Gasteiger partial charge is 0.394 e. The topological polar surface area (TPSA) is 125 Å². The first kappa shape index (κ1) is 25.0. The number of aliphatic carboxylic acids is 1. The van der Waals surface area contributed by atoms with Crippen LogP contribution in [0.1, 0.15) is 21.5 Å². The average Bonchev–Trinajstić information content (AvgIpc) is 2.88. The van der Waals surface area contributed by atoms with E-state index in [0.29, 0.717) is 33.9 Å². The first-order valence-corrected chi connectivity index (χ1v) is 11.3. The molecule has 0 heterocycles. The number of benzene rings is 4. The summed E-state index contributed by atoms with van der Waals surface area (Å²) in [5.74, 6) is -2.38. The van der Waals surface area contributed by atoms with E-state index >= 15 is 0 Å². The Morgan fingerprint density at radius 3 is 2.00 bits per heavy atom. The lowest BCUT2D eigenvalue weighted by atomic mass is 10.0. The number of phenols is 1. The van der Waals surface area contributed by atoms with Gasteiger partial charge in [0.25, 0.3) is 5.91 Å². The summed E-state index contributed by atoms with van der Waals surface area (Å²) >= 11 is 0. The van der Waals surface area contributed by atoms with Gasteiger partial charge in [0.1, 0.15) is 17.2 Å². The van der Waals surface area contributed by atoms with Crippen LogP contribution >= 0.6 is 0 Å². The van der Waals surface area contributed by atoms with E-state index in [1.807, 2.05) is 42.5 Å². The van der Waals surface area contributed by atoms with Crippen LogP contribution < -0.4 is 15.4 Å². The highest BCUT2D eigenvalue weighted by Gasteiger charge is 2.15. The van der Waals surface area contributed by atoms with Crippen molar-refractivity contribution < 1.29 is 29.3 Å². The fraction of sp³-hybridized carbons (Fsp3) is 0.0690. The largest absolute Gasteiger partial charge is 0.506 e. The van der Waals surface area contributed by atoms with Gasteiger partial charge in [-0.3, -0.25) is 9.59 Å². The molecule has 0 aliphatic heterocycles. The number of hydrogen-bond donors (Lipinski definition) is 4. The number of amides is 2. The summed E-state index contributed by atoms with van der Waals surface area (Å²) in [6, 6.07) is 24.6. The van der Waals surface area contributed by atoms with E-state index in [0.717, 1.165) is 11.1 Å². The van der Waals surface area contributed by atoms with Crippen molar-refractivity contribution in [1.82, 2.24) is 0 Å². The third-order valence-electron chi connectivity index (χ3n) is 5.60. The van der Waals surface area contributed by atoms with E-state index in [-0.39, 0.29) is 11.4 Å². The molecule has 0 spiro atoms. The third-order valence-corrected chi connectivity index (χ3v) is 5.60. The molecule has 4 aromatic carbocycles. The van der Waals surface area contributed by atoms with E-state index in [1.165, 1.54) is 12.1 Å². The molecule has 0 fully saturated rings. The fourth-order valence-electron chi connectivity index (χ4n) is 3.80. The molecule has 186 valence electrons. The monoisotopic (exact) mass is 496 g/mol. The van der Waals surface area contributed by atoms with E-state index < -0.39 is 17.8 Å². The molecular weight excluding hydrogens is 472 g/mol. The van der Waals surface area contributed by atoms with Crippen LogP contribution in [0.15, 0.2) is 84.9 Å². The second-order valence-electron chi connectivity index (χ2n) is 8.38. The van der Waals surface area contributed by atoms with E-state index in [9.17, 15) is 19.5 Å². The standard InChI is InChI=1S/C29H24N2O6/c1-17-14-22(30-28(34)29(35)36)15-18(2)26(17)37-23-12-13-25(32)24(16-23)31-27(33)21-10-8-20(9-11-21)19-6-4-3-5-7-19/h3-16,32H,1-2H3,(H,30,34)(H,31,33)(H,35,36). The maximum atomic E-state index is 12.8. The molecule has 0 bridgehead atoms. The lowest BCUT2D eigenvalue weighted by molar-refractivity contribution is -0.147. The molecule has 0 aliphatic rings. The zero-order valence-corrected chi connectivity index (χ0v) is 20.1. The van der Waals surface area contributed by atoms with Crippen LogP contribution in [-0.2, 0) is 9.59 Å². The molecule has 0 atom stereocenters. The first-order chi connectivity index (χ1) is 17.7. The van der Waals surface area contributed by atoms with Crippen LogP contribution in [-0.4, -0.2) is 28.0 Å². The second-order valence-corrected chi connectivity index (χ2v) is 8.38. The van der Waals surface area contributed by atoms with Crippen molar-refractivity contribution in [3.63, 3.8) is 0 Å². The SMILES string of the molecule is Cc1cc(NC(=O)C(=O)O)cc(C)c1Oc1ccc(O)c(NC(=O)c2ccc(-c3ccccc3)cc2)c1. The number of anilines is 2. The number of carboxylic acid groups (broad SMARTS) is 1. The van der Waals surface area contributed by atoms with Crippen LogP contribution in [0, 0.1) is 13.8 Å². The van der Waals surface area contributed by atoms with Gasteiger partial charge in [0.2, 0.25) is 0 Å². The second kappa shape index (κ2) is 10.7. The number of rotatable bonds is 6. The summed E-state index contributed by atoms with van der Waals surface area (Å²) < 4.78 is 6.00. The molecule has 0 radical (unpaired) electrons. The molecule has 4 rings (SSSR count). The van der Waals surface area contributed by atoms with Gasteiger partial charge in [-0.2, -0.15) is 0 Å². The highest BCUT2D eigenvalue weighted by Crippen LogP contribution is 2.35. The third kappa shape index (κ3) is 5.94. The van der Waals surface area contributed by atoms with Crippen molar-refractivity contribution in [1.29, 1.82) is 0 Å². The molecule has 2 amide bonds. The lowest BCUT2D eigenvalue weighted by Gasteiger charge is -2.15. The van der Waals surface area contributed by atoms with Crippen molar-refractivity contribution in [2.75, 3.05) is 10.6 Å². The van der Waals surface area contributed by atoms with Crippen LogP contribution in [0.4, 0.5) is 11.4 Å². The molecular formula is C29H24N2O6. The van der Waals surface area contributed by atoms with E-state index in [1.54, 1.807) is 44.2 Å². The minimum Gasteiger partial charge on any atom is -0.506 e. The number of carbonyl (C=O) groups excluding carboxylic acids is 2. The Bertz CT molecular complexity index is 1460. The quantitative estimate of drug-likeness (QED) is 0.199. The van der Waals surface area contributed by atoms with Gasteiger partial charge in [-0.1, -0.05) is 42.5 Å². The summed E-state index contributed by atoms with van der Waals surface area (Å²) in [6.45, 7) is 3.50. The highest BCUT2D eigenvalue weighted by atomic mass is 16.5. The Kier molecular flexibility index (Phi) is 7.20. The van der Waals surface area contributed by atoms with Gasteiger partial charge in [0.05, 0.1) is 5.69 Å². The van der Waals surface area contributed by atoms with Crippen molar-refractivity contribution in [3.05, 3.63) is 102 Å². The van der Waals surface area contributed by atoms with Gasteiger partial charge in [-0.25, -0.2) is 4.79 Å². The number of hydrogen-bond acceptors (Lipinski definition) is 5. The number of nitrogens with one attached hydrogen (secondary N) is 2. The summed E-state index contributed by atoms with van der Waals surface area (Å²) in [5, 5.41) is 24.1. The predicted octanol–water partition coefficient (Wildman–Crippen LogP) is 5.74. The van der Waals surface area contributed by atoms with E-state index in [4.69, 9.17) is 9.84 Å². The Morgan fingerprint density at radius 2 is 1.38 bits per heavy atom. The number of carboxylic acids is 1. The summed E-state index contributed by atoms with van der Waals surface area (Å²) in [4.78, 5) is 35.1. The molecule has 0 saturated carbocycles. The van der Waals surface area contributed by atoms with Crippen molar-refractivity contribution in [3.8, 4) is 28.4 Å². The van der Waals surface area contributed by atoms with Gasteiger partial charge in [-0.15, -0.1) is 0 Å². The number of aromatic hydroxyl groups is 1. The van der Waals surface area contributed by atoms with Gasteiger partial charge in [0.15, 0.2) is 0 Å². The minimum atomic E-state index is -1.58. The van der Waals surface area contributed by atoms with Crippen molar-refractivity contribution >= 4 is 29.2 Å². The van der Waals surface area contributed by atoms with Gasteiger partial charge in [0, 0.05) is 17.3 Å². The van der Waals surface area contributed by atoms with Crippen molar-refractivity contribution in [2.24, 2.45) is 0 Å². The Balaban J connectivity index is 1.50. The first-order valence-electron chi connectivity index (χ1n) is 11.3. The molecule has 4 N–H and O–H groups in total. The van der Waals surface area contributed by atoms with Crippen LogP contribution in [0.2, 0.25) is 0 Å². The van der Waals surface area contributed by atoms with Gasteiger partial charge < -0.3 is 25.6 Å². The molecule has 0 aliphatic carbocycles. The number of carbonyl (C=O) groups is 3. The fourth-order valence-corrected chi connectivity index (χ4v) is 3.80. The normalized spacial score (nSPS) is 10.4. The molecule has 4 aromatic rings. The number of aryl methyl sites for hydroxylation is 2. The highest BCUT2D eigenvalue weighted by molar-refractivity contribution is 6.36. The molecule has 0 saturated heterocycles. The van der Waals surface area contributed by atoms with Gasteiger partial charge in [-0.05, 0) is 72.5 Å². The summed E-state index contributed by atoms with van der Waals surface area (Å²) in [6.07, 6.45) is 0. The molecule has 8 heteroatoms. The molecule has 0 unspecified atom stereocenters. The summed E-state index contributed by atoms with van der Waals surface area (Å²) in [5.41, 5.74) is 4.25. The van der Waals surface area contributed by atoms with Crippen LogP contribution in [0.25, 0.3) is 11.1 Å². The summed E-state index contributed by atoms with van der Waals surface area (Å²) in [7, 11) is 0. The van der Waals surface area contributed by atoms with Crippen LogP contribution in [0.5, 0.6) is 17.2 Å². The molecule has 37 heavy (non-hydrogen) atoms. The number of ether oxygens (including phenoxy) is 1. The zero-order valence-electron chi connectivity index (χ0n) is 20.1. The predicted molar refractivity (Wildman–Crippen MR) is 140 cm³/mol. The molecule has 0 aromatic heterocycles. The average molecular weight is 497 g/mol. The number of phenolic OH excluding ortho intramolecular Hbond substituents is 1. The Hall–Kier alpha value is -5.11. The Labute approximate surface area is 213 Å². The lowest BCUT2D eigenvalue weighted by Crippen LogP contribution is -2.21. The van der Waals surface area contributed by atoms with Crippen molar-refractivity contribution in [2.45, 2.75) is 13.8 Å². The maximum absolute atomic E-state index is 12.8. The zero-order chi connectivity index (χ0) is 26.5. The van der Waals surface area contributed by atoms with Crippen LogP contribution in [0.3, 0.4) is 0 Å². The van der Waals surface area contributed by atoms with E-state index in [2.05, 4.69) is 10.6 Å². The maximum Gasteiger partial charge on any atom is 0.394 e. The molecule has 8 nitrogen and oxygen atoms in total. The van der Waals surface area contributed by atoms with Gasteiger partial charge >= 0.3 is 11.9 Å².